The van der Waals surface area contributed by atoms with Crippen LogP contribution in [0.4, 0.5) is 0 Å². The van der Waals surface area contributed by atoms with Gasteiger partial charge in [0.2, 0.25) is 5.91 Å². The third-order valence-electron chi connectivity index (χ3n) is 2.49. The number of carbonyl (C=O) groups is 2. The number of rotatable bonds is 1. The molecule has 2 saturated heterocycles. The number of amides is 1. The highest BCUT2D eigenvalue weighted by atomic mass is 16.2. The van der Waals surface area contributed by atoms with Crippen molar-refractivity contribution < 1.29 is 9.59 Å². The Balaban J connectivity index is 0.000000396. The number of hydrogen-bond acceptors (Lipinski definition) is 4. The van der Waals surface area contributed by atoms with Crippen molar-refractivity contribution in [2.24, 2.45) is 5.73 Å². The molecule has 0 aromatic heterocycles. The molecular weight excluding hydrogens is 170 g/mol. The van der Waals surface area contributed by atoms with Crippen molar-refractivity contribution in [3.63, 3.8) is 0 Å². The van der Waals surface area contributed by atoms with E-state index in [2.05, 4.69) is 16.4 Å². The Kier molecular flexibility index (Phi) is 3.00. The Morgan fingerprint density at radius 3 is 2.54 bits per heavy atom. The van der Waals surface area contributed by atoms with Crippen molar-refractivity contribution in [1.29, 1.82) is 0 Å². The van der Waals surface area contributed by atoms with Gasteiger partial charge in [0.15, 0.2) is 0 Å². The SMILES string of the molecule is CN.O=CC1CCC2(CNC2=O)N1. The Hall–Kier alpha value is -0.940. The predicted octanol–water partition coefficient (Wildman–Crippen LogP) is -1.62. The Morgan fingerprint density at radius 2 is 2.31 bits per heavy atom. The second-order valence-corrected chi connectivity index (χ2v) is 3.19. The molecule has 0 aliphatic carbocycles. The molecule has 1 spiro atoms. The summed E-state index contributed by atoms with van der Waals surface area (Å²) < 4.78 is 0. The average Bonchev–Trinajstić information content (AvgIpc) is 2.65. The van der Waals surface area contributed by atoms with E-state index < -0.39 is 0 Å². The van der Waals surface area contributed by atoms with Gasteiger partial charge in [0.25, 0.3) is 0 Å². The first kappa shape index (κ1) is 10.1. The molecule has 0 radical (unpaired) electrons. The zero-order valence-electron chi connectivity index (χ0n) is 7.67. The summed E-state index contributed by atoms with van der Waals surface area (Å²) in [6.45, 7) is 0.677. The number of hydrogen-bond donors (Lipinski definition) is 3. The smallest absolute Gasteiger partial charge is 0.242 e. The van der Waals surface area contributed by atoms with Crippen LogP contribution in [-0.4, -0.2) is 37.4 Å². The van der Waals surface area contributed by atoms with Gasteiger partial charge in [-0.25, -0.2) is 0 Å². The fourth-order valence-electron chi connectivity index (χ4n) is 1.70. The van der Waals surface area contributed by atoms with Gasteiger partial charge in [-0.3, -0.25) is 10.1 Å². The zero-order valence-corrected chi connectivity index (χ0v) is 7.67. The van der Waals surface area contributed by atoms with Crippen molar-refractivity contribution in [2.75, 3.05) is 13.6 Å². The van der Waals surface area contributed by atoms with E-state index in [-0.39, 0.29) is 17.5 Å². The molecule has 2 unspecified atom stereocenters. The maximum absolute atomic E-state index is 11.0. The molecule has 0 aromatic carbocycles. The quantitative estimate of drug-likeness (QED) is 0.338. The van der Waals surface area contributed by atoms with Gasteiger partial charge in [0, 0.05) is 6.54 Å². The minimum Gasteiger partial charge on any atom is -0.352 e. The number of aldehydes is 1. The van der Waals surface area contributed by atoms with Crippen LogP contribution in [0.25, 0.3) is 0 Å². The highest BCUT2D eigenvalue weighted by Gasteiger charge is 2.50. The van der Waals surface area contributed by atoms with Crippen molar-refractivity contribution in [1.82, 2.24) is 10.6 Å². The van der Waals surface area contributed by atoms with Gasteiger partial charge >= 0.3 is 0 Å². The number of nitrogens with one attached hydrogen (secondary N) is 2. The van der Waals surface area contributed by atoms with Gasteiger partial charge < -0.3 is 15.8 Å². The molecule has 0 bridgehead atoms. The van der Waals surface area contributed by atoms with Crippen molar-refractivity contribution in [3.05, 3.63) is 0 Å². The maximum Gasteiger partial charge on any atom is 0.242 e. The summed E-state index contributed by atoms with van der Waals surface area (Å²) >= 11 is 0. The van der Waals surface area contributed by atoms with Crippen LogP contribution in [0, 0.1) is 0 Å². The van der Waals surface area contributed by atoms with Crippen molar-refractivity contribution in [3.8, 4) is 0 Å². The molecule has 0 saturated carbocycles. The monoisotopic (exact) mass is 185 g/mol. The first-order chi connectivity index (χ1) is 6.27. The highest BCUT2D eigenvalue weighted by molar-refractivity contribution is 5.93. The summed E-state index contributed by atoms with van der Waals surface area (Å²) in [5, 5.41) is 5.69. The number of nitrogens with two attached hydrogens (primary N) is 1. The van der Waals surface area contributed by atoms with Gasteiger partial charge in [-0.05, 0) is 19.9 Å². The lowest BCUT2D eigenvalue weighted by Gasteiger charge is -2.37. The highest BCUT2D eigenvalue weighted by Crippen LogP contribution is 2.27. The van der Waals surface area contributed by atoms with E-state index >= 15 is 0 Å². The molecule has 2 heterocycles. The lowest BCUT2D eigenvalue weighted by atomic mass is 9.90. The van der Waals surface area contributed by atoms with Crippen LogP contribution >= 0.6 is 0 Å². The first-order valence-corrected chi connectivity index (χ1v) is 4.36. The minimum atomic E-state index is -0.383. The second kappa shape index (κ2) is 3.85. The second-order valence-electron chi connectivity index (χ2n) is 3.19. The van der Waals surface area contributed by atoms with Crippen LogP contribution in [0.3, 0.4) is 0 Å². The summed E-state index contributed by atoms with van der Waals surface area (Å²) in [5.74, 6) is 0.0434. The van der Waals surface area contributed by atoms with Gasteiger partial charge in [-0.1, -0.05) is 0 Å². The van der Waals surface area contributed by atoms with E-state index in [0.717, 1.165) is 19.1 Å². The predicted molar refractivity (Wildman–Crippen MR) is 48.1 cm³/mol. The fourth-order valence-corrected chi connectivity index (χ4v) is 1.70. The topological polar surface area (TPSA) is 84.2 Å². The van der Waals surface area contributed by atoms with E-state index in [1.54, 1.807) is 0 Å². The van der Waals surface area contributed by atoms with E-state index in [1.165, 1.54) is 7.05 Å². The molecule has 5 nitrogen and oxygen atoms in total. The molecule has 2 atom stereocenters. The molecule has 2 rings (SSSR count). The van der Waals surface area contributed by atoms with Crippen LogP contribution in [0.1, 0.15) is 12.8 Å². The molecule has 74 valence electrons. The van der Waals surface area contributed by atoms with Crippen LogP contribution in [0.15, 0.2) is 0 Å². The normalized spacial score (nSPS) is 35.8. The van der Waals surface area contributed by atoms with E-state index in [9.17, 15) is 9.59 Å². The number of carbonyl (C=O) groups excluding carboxylic acids is 2. The summed E-state index contributed by atoms with van der Waals surface area (Å²) in [4.78, 5) is 21.4. The maximum atomic E-state index is 11.0. The van der Waals surface area contributed by atoms with Crippen molar-refractivity contribution in [2.45, 2.75) is 24.4 Å². The zero-order chi connectivity index (χ0) is 9.90. The fraction of sp³-hybridized carbons (Fsp3) is 0.750. The molecule has 2 aliphatic heterocycles. The third kappa shape index (κ3) is 1.57. The lowest BCUT2D eigenvalue weighted by Crippen LogP contribution is -2.70. The van der Waals surface area contributed by atoms with Crippen LogP contribution < -0.4 is 16.4 Å². The molecule has 13 heavy (non-hydrogen) atoms. The van der Waals surface area contributed by atoms with E-state index in [1.807, 2.05) is 0 Å². The van der Waals surface area contributed by atoms with E-state index in [4.69, 9.17) is 0 Å². The number of β-lactam (4-membered cyclic amide) rings is 1. The lowest BCUT2D eigenvalue weighted by molar-refractivity contribution is -0.134. The minimum absolute atomic E-state index is 0.0434. The Bertz CT molecular complexity index is 219. The summed E-state index contributed by atoms with van der Waals surface area (Å²) in [5.41, 5.74) is 4.12. The summed E-state index contributed by atoms with van der Waals surface area (Å²) in [6, 6.07) is -0.110. The molecule has 1 amide bonds. The molecule has 4 N–H and O–H groups in total. The largest absolute Gasteiger partial charge is 0.352 e. The molecule has 5 heteroatoms. The van der Waals surface area contributed by atoms with Crippen LogP contribution in [-0.2, 0) is 9.59 Å². The van der Waals surface area contributed by atoms with Gasteiger partial charge in [0.05, 0.1) is 6.04 Å². The van der Waals surface area contributed by atoms with E-state index in [0.29, 0.717) is 6.54 Å². The molecule has 2 aliphatic rings. The Morgan fingerprint density at radius 1 is 1.62 bits per heavy atom. The Labute approximate surface area is 77.1 Å². The first-order valence-electron chi connectivity index (χ1n) is 4.36. The molecule has 0 aromatic rings. The van der Waals surface area contributed by atoms with Crippen LogP contribution in [0.2, 0.25) is 0 Å². The molecular formula is C8H15N3O2. The summed E-state index contributed by atoms with van der Waals surface area (Å²) in [6.07, 6.45) is 2.46. The van der Waals surface area contributed by atoms with Gasteiger partial charge in [0.1, 0.15) is 11.8 Å². The third-order valence-corrected chi connectivity index (χ3v) is 2.49. The molecule has 2 fully saturated rings. The van der Waals surface area contributed by atoms with Crippen molar-refractivity contribution >= 4 is 12.2 Å². The van der Waals surface area contributed by atoms with Gasteiger partial charge in [-0.15, -0.1) is 0 Å². The van der Waals surface area contributed by atoms with Crippen LogP contribution in [0.5, 0.6) is 0 Å². The summed E-state index contributed by atoms with van der Waals surface area (Å²) in [7, 11) is 1.50. The standard InChI is InChI=1S/C7H10N2O2.CH5N/c10-3-5-1-2-7(9-5)4-8-6(7)11;1-2/h3,5,9H,1-2,4H2,(H,8,11);2H2,1H3. The average molecular weight is 185 g/mol. The van der Waals surface area contributed by atoms with Gasteiger partial charge in [-0.2, -0.15) is 0 Å².